The van der Waals surface area contributed by atoms with E-state index in [0.717, 1.165) is 92.2 Å². The number of nitrogens with two attached hydrogens (primary N) is 1. The number of rotatable bonds is 16. The molecule has 0 bridgehead atoms. The normalized spacial score (nSPS) is 11.4. The topological polar surface area (TPSA) is 98.6 Å². The van der Waals surface area contributed by atoms with Crippen LogP contribution in [0.15, 0.2) is 97.1 Å². The molecule has 4 aromatic rings. The standard InChI is InChI=1S/C18H32N4.C13H21N3.2C7H7.Zr/c1-5-22(6-2)18(20-14-9-7-8-13-19)21-17-15(3)11-10-12-16(17)4;1-5-16(6-2)13(14)15-12-10(3)8-7-9-11(12)4;2*1-7-5-3-2-4-6-7;/h10-12,18H,5-9,13-14,19H2,1-4H3;7-9,13-14H,5-6H2,1-4H3;2*2-6H,1H2;/q2*-2;2*-1;. The predicted octanol–water partition coefficient (Wildman–Crippen LogP) is 12.2. The molecule has 8 heteroatoms. The SMILES string of the molecule is CCN(CC)C([N-]CCCCCN)[N-]c1c(C)cccc1C.CCN(CC)C([NH-])[N-]c1c(C)cccc1C.[CH2-]c1ccccc1.[CH2-]c1ccccc1.[Zr]. The summed E-state index contributed by atoms with van der Waals surface area (Å²) in [6.45, 7) is 29.5. The second kappa shape index (κ2) is 30.3. The summed E-state index contributed by atoms with van der Waals surface area (Å²) in [5.41, 5.74) is 22.5. The van der Waals surface area contributed by atoms with Gasteiger partial charge in [-0.25, -0.2) is 0 Å². The average Bonchev–Trinajstić information content (AvgIpc) is 3.13. The summed E-state index contributed by atoms with van der Waals surface area (Å²) in [5, 5.41) is 14.3. The first-order chi connectivity index (χ1) is 25.0. The van der Waals surface area contributed by atoms with Crippen molar-refractivity contribution in [3.05, 3.63) is 166 Å². The van der Waals surface area contributed by atoms with Crippen molar-refractivity contribution in [2.24, 2.45) is 5.73 Å². The minimum atomic E-state index is -0.491. The van der Waals surface area contributed by atoms with Gasteiger partial charge < -0.3 is 37.2 Å². The number of aryl methyl sites for hydroxylation is 4. The maximum absolute atomic E-state index is 8.02. The minimum absolute atomic E-state index is 0. The molecule has 0 amide bonds. The first-order valence-electron chi connectivity index (χ1n) is 18.9. The second-order valence-corrected chi connectivity index (χ2v) is 12.6. The molecular weight excluding hydrogens is 730 g/mol. The molecule has 4 rings (SSSR count). The summed E-state index contributed by atoms with van der Waals surface area (Å²) < 4.78 is 0. The fourth-order valence-corrected chi connectivity index (χ4v) is 5.29. The molecule has 0 heterocycles. The van der Waals surface area contributed by atoms with Gasteiger partial charge in [-0.3, -0.25) is 0 Å². The van der Waals surface area contributed by atoms with Crippen molar-refractivity contribution >= 4 is 11.4 Å². The Morgan fingerprint density at radius 3 is 1.30 bits per heavy atom. The Balaban J connectivity index is 0.000000752. The van der Waals surface area contributed by atoms with Gasteiger partial charge in [0.1, 0.15) is 0 Å². The third-order valence-electron chi connectivity index (χ3n) is 8.51. The van der Waals surface area contributed by atoms with Crippen molar-refractivity contribution in [3.8, 4) is 0 Å². The van der Waals surface area contributed by atoms with Gasteiger partial charge in [-0.05, 0) is 66.8 Å². The zero-order chi connectivity index (χ0) is 38.7. The van der Waals surface area contributed by atoms with Crippen molar-refractivity contribution in [2.75, 3.05) is 39.3 Å². The van der Waals surface area contributed by atoms with Gasteiger partial charge in [-0.15, -0.1) is 42.2 Å². The number of hydrogen-bond acceptors (Lipinski definition) is 3. The van der Waals surface area contributed by atoms with Crippen LogP contribution in [0.1, 0.15) is 80.3 Å². The van der Waals surface area contributed by atoms with Crippen LogP contribution in [0.2, 0.25) is 0 Å². The van der Waals surface area contributed by atoms with E-state index in [4.69, 9.17) is 22.1 Å². The van der Waals surface area contributed by atoms with Crippen LogP contribution in [0.3, 0.4) is 0 Å². The van der Waals surface area contributed by atoms with Crippen molar-refractivity contribution in [1.82, 2.24) is 9.80 Å². The van der Waals surface area contributed by atoms with Crippen LogP contribution in [0, 0.1) is 41.5 Å². The van der Waals surface area contributed by atoms with Gasteiger partial charge in [0.2, 0.25) is 0 Å². The maximum atomic E-state index is 8.02. The van der Waals surface area contributed by atoms with Crippen molar-refractivity contribution in [2.45, 2.75) is 87.2 Å². The summed E-state index contributed by atoms with van der Waals surface area (Å²) in [7, 11) is 0. The van der Waals surface area contributed by atoms with E-state index < -0.39 is 6.29 Å². The van der Waals surface area contributed by atoms with E-state index in [0.29, 0.717) is 0 Å². The zero-order valence-electron chi connectivity index (χ0n) is 34.0. The Hall–Kier alpha value is -3.10. The van der Waals surface area contributed by atoms with Gasteiger partial charge in [-0.2, -0.15) is 61.8 Å². The summed E-state index contributed by atoms with van der Waals surface area (Å²) in [6.07, 6.45) is 2.76. The summed E-state index contributed by atoms with van der Waals surface area (Å²) in [4.78, 5) is 4.32. The number of unbranched alkanes of at least 4 members (excludes halogenated alkanes) is 2. The molecule has 292 valence electrons. The Morgan fingerprint density at radius 2 is 0.962 bits per heavy atom. The molecule has 53 heavy (non-hydrogen) atoms. The number of nitrogens with zero attached hydrogens (tertiary/aromatic N) is 5. The van der Waals surface area contributed by atoms with Crippen molar-refractivity contribution < 1.29 is 26.2 Å². The molecule has 2 atom stereocenters. The van der Waals surface area contributed by atoms with Crippen molar-refractivity contribution in [3.63, 3.8) is 0 Å². The molecule has 7 nitrogen and oxygen atoms in total. The van der Waals surface area contributed by atoms with Crippen LogP contribution < -0.4 is 5.73 Å². The van der Waals surface area contributed by atoms with E-state index in [9.17, 15) is 0 Å². The Morgan fingerprint density at radius 1 is 0.566 bits per heavy atom. The van der Waals surface area contributed by atoms with Crippen LogP contribution in [-0.2, 0) is 26.2 Å². The first-order valence-corrected chi connectivity index (χ1v) is 18.9. The summed E-state index contributed by atoms with van der Waals surface area (Å²) in [5.74, 6) is 0. The van der Waals surface area contributed by atoms with E-state index in [1.54, 1.807) is 0 Å². The third kappa shape index (κ3) is 20.8. The average molecular weight is 797 g/mol. The van der Waals surface area contributed by atoms with Crippen LogP contribution in [-0.4, -0.2) is 61.6 Å². The quantitative estimate of drug-likeness (QED) is 0.0903. The molecule has 0 radical (unpaired) electrons. The van der Waals surface area contributed by atoms with Crippen LogP contribution >= 0.6 is 0 Å². The summed E-state index contributed by atoms with van der Waals surface area (Å²) >= 11 is 0. The van der Waals surface area contributed by atoms with Gasteiger partial charge in [0.25, 0.3) is 0 Å². The molecule has 0 fully saturated rings. The van der Waals surface area contributed by atoms with E-state index in [1.165, 1.54) is 11.1 Å². The number of nitrogens with one attached hydrogen (secondary N) is 1. The zero-order valence-corrected chi connectivity index (χ0v) is 36.4. The monoisotopic (exact) mass is 795 g/mol. The molecule has 0 saturated carbocycles. The Labute approximate surface area is 343 Å². The van der Waals surface area contributed by atoms with Gasteiger partial charge in [0.15, 0.2) is 0 Å². The smallest absolute Gasteiger partial charge is 0 e. The first kappa shape index (κ1) is 49.9. The molecule has 0 spiro atoms. The van der Waals surface area contributed by atoms with E-state index >= 15 is 0 Å². The maximum Gasteiger partial charge on any atom is 0 e. The van der Waals surface area contributed by atoms with Gasteiger partial charge in [0.05, 0.1) is 0 Å². The summed E-state index contributed by atoms with van der Waals surface area (Å²) in [6, 6.07) is 32.2. The Kier molecular flexibility index (Phi) is 28.5. The second-order valence-electron chi connectivity index (χ2n) is 12.6. The van der Waals surface area contributed by atoms with E-state index in [-0.39, 0.29) is 32.5 Å². The predicted molar refractivity (Wildman–Crippen MR) is 229 cm³/mol. The van der Waals surface area contributed by atoms with Gasteiger partial charge >= 0.3 is 0 Å². The van der Waals surface area contributed by atoms with Crippen LogP contribution in [0.25, 0.3) is 21.7 Å². The molecule has 0 aromatic heterocycles. The van der Waals surface area contributed by atoms with E-state index in [1.807, 2.05) is 97.6 Å². The molecule has 0 saturated heterocycles. The van der Waals surface area contributed by atoms with E-state index in [2.05, 4.69) is 83.8 Å². The molecular formula is C45H67N7Zr-6. The fraction of sp³-hybridized carbons (Fsp3) is 0.422. The molecule has 3 N–H and O–H groups in total. The van der Waals surface area contributed by atoms with Crippen molar-refractivity contribution in [1.29, 1.82) is 0 Å². The fourth-order valence-electron chi connectivity index (χ4n) is 5.29. The van der Waals surface area contributed by atoms with Crippen LogP contribution in [0.5, 0.6) is 0 Å². The van der Waals surface area contributed by atoms with Crippen LogP contribution in [0.4, 0.5) is 11.4 Å². The molecule has 0 aliphatic carbocycles. The number of benzene rings is 4. The minimum Gasteiger partial charge on any atom is -0.687 e. The third-order valence-corrected chi connectivity index (χ3v) is 8.51. The number of para-hydroxylation sites is 2. The van der Waals surface area contributed by atoms with Gasteiger partial charge in [0, 0.05) is 26.2 Å². The number of hydrogen-bond donors (Lipinski definition) is 1. The van der Waals surface area contributed by atoms with Gasteiger partial charge in [-0.1, -0.05) is 111 Å². The molecule has 0 aliphatic heterocycles. The molecule has 4 aromatic carbocycles. The largest absolute Gasteiger partial charge is 0.687 e. The molecule has 0 aliphatic rings. The Bertz CT molecular complexity index is 1370. The molecule has 2 unspecified atom stereocenters.